The van der Waals surface area contributed by atoms with Gasteiger partial charge >= 0.3 is 0 Å². The van der Waals surface area contributed by atoms with E-state index in [1.165, 1.54) is 11.1 Å². The zero-order valence-corrected chi connectivity index (χ0v) is 18.0. The van der Waals surface area contributed by atoms with Crippen LogP contribution in [0.1, 0.15) is 54.4 Å². The molecule has 0 aliphatic rings. The van der Waals surface area contributed by atoms with Gasteiger partial charge in [0.15, 0.2) is 0 Å². The lowest BCUT2D eigenvalue weighted by molar-refractivity contribution is 1.14. The molecule has 0 heterocycles. The summed E-state index contributed by atoms with van der Waals surface area (Å²) in [5.41, 5.74) is 3.61. The second kappa shape index (κ2) is 24.9. The summed E-state index contributed by atoms with van der Waals surface area (Å²) >= 11 is 0. The Kier molecular flexibility index (Phi) is 27.3. The lowest BCUT2D eigenvalue weighted by atomic mass is 10.1. The SMILES string of the molecule is C=C/C=C\C.C=C\C=C/C=C(\C=C\C(\C=C/C)=C\C(=C)CC)CC.CC. The molecule has 0 aromatic heterocycles. The number of rotatable bonds is 9. The smallest absolute Gasteiger partial charge is 0.0257 e. The maximum Gasteiger partial charge on any atom is -0.0257 e. The van der Waals surface area contributed by atoms with Gasteiger partial charge in [0.05, 0.1) is 0 Å². The van der Waals surface area contributed by atoms with Crippen molar-refractivity contribution >= 4 is 0 Å². The van der Waals surface area contributed by atoms with E-state index in [-0.39, 0.29) is 0 Å². The molecule has 0 fully saturated rings. The van der Waals surface area contributed by atoms with Gasteiger partial charge in [-0.3, -0.25) is 0 Å². The summed E-state index contributed by atoms with van der Waals surface area (Å²) in [7, 11) is 0. The van der Waals surface area contributed by atoms with Crippen LogP contribution in [-0.2, 0) is 0 Å². The normalized spacial score (nSPS) is 12.1. The number of allylic oxidation sites excluding steroid dienone is 15. The molecule has 0 aliphatic heterocycles. The van der Waals surface area contributed by atoms with Gasteiger partial charge < -0.3 is 0 Å². The van der Waals surface area contributed by atoms with Crippen molar-refractivity contribution in [3.05, 3.63) is 109 Å². The first-order chi connectivity index (χ1) is 12.6. The van der Waals surface area contributed by atoms with E-state index in [0.717, 1.165) is 18.4 Å². The first-order valence-electron chi connectivity index (χ1n) is 9.51. The van der Waals surface area contributed by atoms with Crippen molar-refractivity contribution in [2.24, 2.45) is 0 Å². The first-order valence-corrected chi connectivity index (χ1v) is 9.51. The Morgan fingerprint density at radius 1 is 0.769 bits per heavy atom. The van der Waals surface area contributed by atoms with Gasteiger partial charge in [0.1, 0.15) is 0 Å². The summed E-state index contributed by atoms with van der Waals surface area (Å²) in [6.45, 7) is 23.4. The molecular formula is C26H40. The second-order valence-corrected chi connectivity index (χ2v) is 4.97. The second-order valence-electron chi connectivity index (χ2n) is 4.97. The monoisotopic (exact) mass is 352 g/mol. The van der Waals surface area contributed by atoms with Gasteiger partial charge in [-0.2, -0.15) is 0 Å². The fourth-order valence-electron chi connectivity index (χ4n) is 1.57. The topological polar surface area (TPSA) is 0 Å². The lowest BCUT2D eigenvalue weighted by Gasteiger charge is -1.99. The molecule has 0 unspecified atom stereocenters. The third-order valence-electron chi connectivity index (χ3n) is 2.97. The molecule has 0 atom stereocenters. The predicted octanol–water partition coefficient (Wildman–Crippen LogP) is 8.86. The molecule has 0 rings (SSSR count). The van der Waals surface area contributed by atoms with E-state index in [1.54, 1.807) is 12.2 Å². The average Bonchev–Trinajstić information content (AvgIpc) is 2.67. The Bertz CT molecular complexity index is 528. The number of hydrogen-bond donors (Lipinski definition) is 0. The highest BCUT2D eigenvalue weighted by atomic mass is 14.0. The lowest BCUT2D eigenvalue weighted by Crippen LogP contribution is -1.79. The van der Waals surface area contributed by atoms with Crippen molar-refractivity contribution in [3.63, 3.8) is 0 Å². The van der Waals surface area contributed by atoms with E-state index in [1.807, 2.05) is 58.1 Å². The van der Waals surface area contributed by atoms with Crippen LogP contribution in [0.5, 0.6) is 0 Å². The van der Waals surface area contributed by atoms with Crippen LogP contribution in [-0.4, -0.2) is 0 Å². The fraction of sp³-hybridized carbons (Fsp3) is 0.308. The van der Waals surface area contributed by atoms with Crippen LogP contribution < -0.4 is 0 Å². The van der Waals surface area contributed by atoms with Crippen LogP contribution in [0.2, 0.25) is 0 Å². The van der Waals surface area contributed by atoms with Gasteiger partial charge in [0, 0.05) is 0 Å². The minimum atomic E-state index is 0.980. The zero-order valence-electron chi connectivity index (χ0n) is 18.0. The molecule has 0 saturated carbocycles. The highest BCUT2D eigenvalue weighted by Gasteiger charge is 1.90. The van der Waals surface area contributed by atoms with Crippen molar-refractivity contribution in [1.82, 2.24) is 0 Å². The first kappa shape index (κ1) is 28.5. The Labute approximate surface area is 164 Å². The molecule has 144 valence electrons. The Hall–Kier alpha value is -2.34. The van der Waals surface area contributed by atoms with E-state index in [9.17, 15) is 0 Å². The quantitative estimate of drug-likeness (QED) is 0.363. The van der Waals surface area contributed by atoms with E-state index < -0.39 is 0 Å². The minimum absolute atomic E-state index is 0.980. The van der Waals surface area contributed by atoms with Crippen LogP contribution in [0.15, 0.2) is 109 Å². The van der Waals surface area contributed by atoms with Crippen LogP contribution in [0.4, 0.5) is 0 Å². The van der Waals surface area contributed by atoms with Gasteiger partial charge in [0.2, 0.25) is 0 Å². The maximum absolute atomic E-state index is 4.02. The van der Waals surface area contributed by atoms with Crippen molar-refractivity contribution in [2.75, 3.05) is 0 Å². The van der Waals surface area contributed by atoms with Crippen LogP contribution in [0, 0.1) is 0 Å². The highest BCUT2D eigenvalue weighted by molar-refractivity contribution is 5.40. The van der Waals surface area contributed by atoms with Gasteiger partial charge in [0.25, 0.3) is 0 Å². The molecule has 0 aromatic rings. The molecule has 26 heavy (non-hydrogen) atoms. The number of hydrogen-bond acceptors (Lipinski definition) is 0. The van der Waals surface area contributed by atoms with E-state index in [0.29, 0.717) is 0 Å². The molecule has 0 aromatic carbocycles. The summed E-state index contributed by atoms with van der Waals surface area (Å²) in [6.07, 6.45) is 26.0. The van der Waals surface area contributed by atoms with E-state index >= 15 is 0 Å². The van der Waals surface area contributed by atoms with Crippen LogP contribution in [0.3, 0.4) is 0 Å². The molecule has 0 spiro atoms. The van der Waals surface area contributed by atoms with Gasteiger partial charge in [-0.1, -0.05) is 126 Å². The summed E-state index contributed by atoms with van der Waals surface area (Å²) in [5, 5.41) is 0. The maximum atomic E-state index is 4.02. The Morgan fingerprint density at radius 2 is 1.38 bits per heavy atom. The third-order valence-corrected chi connectivity index (χ3v) is 2.97. The van der Waals surface area contributed by atoms with E-state index in [4.69, 9.17) is 0 Å². The zero-order chi connectivity index (χ0) is 20.6. The molecule has 0 aliphatic carbocycles. The van der Waals surface area contributed by atoms with Crippen LogP contribution >= 0.6 is 0 Å². The molecule has 0 saturated heterocycles. The summed E-state index contributed by atoms with van der Waals surface area (Å²) in [4.78, 5) is 0. The Morgan fingerprint density at radius 3 is 1.77 bits per heavy atom. The van der Waals surface area contributed by atoms with Crippen LogP contribution in [0.25, 0.3) is 0 Å². The van der Waals surface area contributed by atoms with Gasteiger partial charge in [-0.25, -0.2) is 0 Å². The van der Waals surface area contributed by atoms with E-state index in [2.05, 4.69) is 64.0 Å². The third kappa shape index (κ3) is 21.7. The van der Waals surface area contributed by atoms with Crippen molar-refractivity contribution in [1.29, 1.82) is 0 Å². The molecule has 0 N–H and O–H groups in total. The van der Waals surface area contributed by atoms with Gasteiger partial charge in [-0.15, -0.1) is 0 Å². The minimum Gasteiger partial charge on any atom is -0.0991 e. The fourth-order valence-corrected chi connectivity index (χ4v) is 1.57. The van der Waals surface area contributed by atoms with Crippen molar-refractivity contribution in [2.45, 2.75) is 54.4 Å². The highest BCUT2D eigenvalue weighted by Crippen LogP contribution is 2.11. The predicted molar refractivity (Wildman–Crippen MR) is 126 cm³/mol. The summed E-state index contributed by atoms with van der Waals surface area (Å²) < 4.78 is 0. The van der Waals surface area contributed by atoms with Crippen molar-refractivity contribution < 1.29 is 0 Å². The van der Waals surface area contributed by atoms with Crippen molar-refractivity contribution in [3.8, 4) is 0 Å². The largest absolute Gasteiger partial charge is 0.0991 e. The van der Waals surface area contributed by atoms with Gasteiger partial charge in [-0.05, 0) is 37.8 Å². The molecule has 0 bridgehead atoms. The molecule has 0 nitrogen and oxygen atoms in total. The standard InChI is InChI=1S/C19H26.C5H8.C2H6/c1-6-10-11-13-18(9-4)14-15-19(12-7-2)16-17(5)8-3;1-3-5-4-2;1-2/h6-7,10-16H,1,5,8-9H2,2-4H3;3-5H,1H2,2H3;1-2H3/b11-10-,12-7-,15-14+,18-13-,19-16+;5-4-;. The Balaban J connectivity index is -0.000000645. The molecular weight excluding hydrogens is 312 g/mol. The summed E-state index contributed by atoms with van der Waals surface area (Å²) in [5.74, 6) is 0. The average molecular weight is 353 g/mol. The molecule has 0 radical (unpaired) electrons. The molecule has 0 heteroatoms. The summed E-state index contributed by atoms with van der Waals surface area (Å²) in [6, 6.07) is 0. The molecule has 0 amide bonds.